The molecule has 0 aliphatic carbocycles. The molecule has 4 heteroatoms. The number of halogens is 1. The molecule has 0 saturated heterocycles. The molecule has 0 radical (unpaired) electrons. The molecule has 20 heavy (non-hydrogen) atoms. The first-order chi connectivity index (χ1) is 9.67. The van der Waals surface area contributed by atoms with Crippen LogP contribution in [0, 0.1) is 0 Å². The molecule has 0 saturated carbocycles. The predicted molar refractivity (Wildman–Crippen MR) is 77.5 cm³/mol. The molecule has 2 aromatic carbocycles. The minimum absolute atomic E-state index is 0.409. The summed E-state index contributed by atoms with van der Waals surface area (Å²) < 4.78 is 11.1. The Morgan fingerprint density at radius 1 is 1.25 bits per heavy atom. The zero-order valence-corrected chi connectivity index (χ0v) is 11.8. The van der Waals surface area contributed by atoms with Gasteiger partial charge in [-0.15, -0.1) is 0 Å². The molecule has 104 valence electrons. The topological polar surface area (TPSA) is 38.7 Å². The Morgan fingerprint density at radius 3 is 2.85 bits per heavy atom. The van der Waals surface area contributed by atoms with Crippen LogP contribution in [-0.2, 0) is 6.42 Å². The van der Waals surface area contributed by atoms with E-state index in [-0.39, 0.29) is 0 Å². The van der Waals surface area contributed by atoms with Gasteiger partial charge in [-0.05, 0) is 29.3 Å². The highest BCUT2D eigenvalue weighted by Crippen LogP contribution is 2.37. The highest BCUT2D eigenvalue weighted by molar-refractivity contribution is 6.30. The Morgan fingerprint density at radius 2 is 2.10 bits per heavy atom. The summed E-state index contributed by atoms with van der Waals surface area (Å²) in [6.07, 6.45) is -0.445. The highest BCUT2D eigenvalue weighted by Gasteiger charge is 2.30. The molecule has 0 fully saturated rings. The fraction of sp³-hybridized carbons (Fsp3) is 0.250. The van der Waals surface area contributed by atoms with E-state index < -0.39 is 12.2 Å². The quantitative estimate of drug-likeness (QED) is 0.921. The van der Waals surface area contributed by atoms with E-state index in [1.165, 1.54) is 0 Å². The molecule has 1 N–H and O–H groups in total. The molecule has 1 aliphatic rings. The normalized spacial score (nSPS) is 20.9. The second kappa shape index (κ2) is 5.35. The maximum Gasteiger partial charge on any atom is 0.150 e. The molecule has 2 atom stereocenters. The van der Waals surface area contributed by atoms with Gasteiger partial charge >= 0.3 is 0 Å². The fourth-order valence-electron chi connectivity index (χ4n) is 2.46. The molecule has 0 spiro atoms. The van der Waals surface area contributed by atoms with E-state index in [0.29, 0.717) is 11.4 Å². The van der Waals surface area contributed by atoms with Crippen molar-refractivity contribution in [3.05, 3.63) is 58.6 Å². The van der Waals surface area contributed by atoms with Crippen LogP contribution in [0.1, 0.15) is 17.2 Å². The Labute approximate surface area is 122 Å². The van der Waals surface area contributed by atoms with E-state index in [2.05, 4.69) is 0 Å². The molecule has 3 rings (SSSR count). The zero-order chi connectivity index (χ0) is 14.1. The maximum absolute atomic E-state index is 10.3. The van der Waals surface area contributed by atoms with Crippen LogP contribution in [-0.4, -0.2) is 18.3 Å². The minimum Gasteiger partial charge on any atom is -0.497 e. The lowest BCUT2D eigenvalue weighted by atomic mass is 9.95. The third-order valence-electron chi connectivity index (χ3n) is 3.48. The van der Waals surface area contributed by atoms with Gasteiger partial charge in [0.2, 0.25) is 0 Å². The SMILES string of the molecule is COc1ccc2c(c1)O[C@H](c1cccc(Cl)c1)[C@@H](O)C2. The summed E-state index contributed by atoms with van der Waals surface area (Å²) in [7, 11) is 1.62. The summed E-state index contributed by atoms with van der Waals surface area (Å²) in [5.41, 5.74) is 1.86. The van der Waals surface area contributed by atoms with E-state index in [9.17, 15) is 5.11 Å². The number of benzene rings is 2. The average Bonchev–Trinajstić information content (AvgIpc) is 2.46. The number of methoxy groups -OCH3 is 1. The lowest BCUT2D eigenvalue weighted by Gasteiger charge is -2.31. The van der Waals surface area contributed by atoms with Gasteiger partial charge in [0.25, 0.3) is 0 Å². The Hall–Kier alpha value is -1.71. The predicted octanol–water partition coefficient (Wildman–Crippen LogP) is 3.39. The zero-order valence-electron chi connectivity index (χ0n) is 11.0. The number of aliphatic hydroxyl groups is 1. The van der Waals surface area contributed by atoms with Gasteiger partial charge in [-0.3, -0.25) is 0 Å². The van der Waals surface area contributed by atoms with E-state index in [1.807, 2.05) is 36.4 Å². The maximum atomic E-state index is 10.3. The molecule has 3 nitrogen and oxygen atoms in total. The highest BCUT2D eigenvalue weighted by atomic mass is 35.5. The van der Waals surface area contributed by atoms with Gasteiger partial charge in [0.15, 0.2) is 0 Å². The van der Waals surface area contributed by atoms with Crippen molar-refractivity contribution < 1.29 is 14.6 Å². The number of fused-ring (bicyclic) bond motifs is 1. The van der Waals surface area contributed by atoms with Crippen molar-refractivity contribution in [2.45, 2.75) is 18.6 Å². The molecule has 0 bridgehead atoms. The molecule has 0 aromatic heterocycles. The fourth-order valence-corrected chi connectivity index (χ4v) is 2.66. The van der Waals surface area contributed by atoms with Crippen LogP contribution in [0.15, 0.2) is 42.5 Å². The smallest absolute Gasteiger partial charge is 0.150 e. The van der Waals surface area contributed by atoms with E-state index in [1.54, 1.807) is 13.2 Å². The van der Waals surface area contributed by atoms with Crippen molar-refractivity contribution in [2.24, 2.45) is 0 Å². The van der Waals surface area contributed by atoms with Crippen LogP contribution in [0.4, 0.5) is 0 Å². The number of rotatable bonds is 2. The average molecular weight is 291 g/mol. The van der Waals surface area contributed by atoms with Crippen LogP contribution >= 0.6 is 11.6 Å². The standard InChI is InChI=1S/C16H15ClO3/c1-19-13-6-5-10-8-14(18)16(20-15(10)9-13)11-3-2-4-12(17)7-11/h2-7,9,14,16,18H,8H2,1H3/t14-,16+/m0/s1. The summed E-state index contributed by atoms with van der Waals surface area (Å²) in [4.78, 5) is 0. The first-order valence-corrected chi connectivity index (χ1v) is 6.82. The molecule has 2 aromatic rings. The third-order valence-corrected chi connectivity index (χ3v) is 3.72. The molecule has 1 aliphatic heterocycles. The van der Waals surface area contributed by atoms with Crippen LogP contribution in [0.3, 0.4) is 0 Å². The van der Waals surface area contributed by atoms with Crippen molar-refractivity contribution in [1.29, 1.82) is 0 Å². The van der Waals surface area contributed by atoms with Crippen LogP contribution in [0.25, 0.3) is 0 Å². The summed E-state index contributed by atoms with van der Waals surface area (Å²) in [5, 5.41) is 10.9. The minimum atomic E-state index is -0.589. The second-order valence-electron chi connectivity index (χ2n) is 4.84. The van der Waals surface area contributed by atoms with Crippen LogP contribution in [0.2, 0.25) is 5.02 Å². The van der Waals surface area contributed by atoms with E-state index in [4.69, 9.17) is 21.1 Å². The Balaban J connectivity index is 1.95. The van der Waals surface area contributed by atoms with Crippen molar-refractivity contribution in [1.82, 2.24) is 0 Å². The van der Waals surface area contributed by atoms with E-state index >= 15 is 0 Å². The van der Waals surface area contributed by atoms with Crippen LogP contribution in [0.5, 0.6) is 11.5 Å². The van der Waals surface area contributed by atoms with Gasteiger partial charge in [-0.2, -0.15) is 0 Å². The van der Waals surface area contributed by atoms with Crippen LogP contribution < -0.4 is 9.47 Å². The van der Waals surface area contributed by atoms with Gasteiger partial charge in [0.1, 0.15) is 17.6 Å². The van der Waals surface area contributed by atoms with Gasteiger partial charge < -0.3 is 14.6 Å². The number of ether oxygens (including phenoxy) is 2. The first-order valence-electron chi connectivity index (χ1n) is 6.44. The lowest BCUT2D eigenvalue weighted by molar-refractivity contribution is 0.0206. The van der Waals surface area contributed by atoms with Gasteiger partial charge in [-0.25, -0.2) is 0 Å². The molecular weight excluding hydrogens is 276 g/mol. The van der Waals surface area contributed by atoms with Crippen molar-refractivity contribution in [2.75, 3.05) is 7.11 Å². The number of hydrogen-bond donors (Lipinski definition) is 1. The third kappa shape index (κ3) is 2.47. The molecular formula is C16H15ClO3. The Bertz CT molecular complexity index is 627. The monoisotopic (exact) mass is 290 g/mol. The summed E-state index contributed by atoms with van der Waals surface area (Å²) in [6, 6.07) is 13.0. The van der Waals surface area contributed by atoms with Gasteiger partial charge in [-0.1, -0.05) is 29.8 Å². The van der Waals surface area contributed by atoms with E-state index in [0.717, 1.165) is 22.6 Å². The molecule has 0 unspecified atom stereocenters. The summed E-state index contributed by atoms with van der Waals surface area (Å²) in [5.74, 6) is 1.49. The van der Waals surface area contributed by atoms with Gasteiger partial charge in [0, 0.05) is 17.5 Å². The lowest BCUT2D eigenvalue weighted by Crippen LogP contribution is -2.30. The summed E-state index contributed by atoms with van der Waals surface area (Å²) >= 11 is 6.00. The largest absolute Gasteiger partial charge is 0.497 e. The Kier molecular flexibility index (Phi) is 3.55. The first kappa shape index (κ1) is 13.3. The molecule has 0 amide bonds. The van der Waals surface area contributed by atoms with Gasteiger partial charge in [0.05, 0.1) is 13.2 Å². The van der Waals surface area contributed by atoms with Crippen molar-refractivity contribution in [3.63, 3.8) is 0 Å². The molecule has 1 heterocycles. The van der Waals surface area contributed by atoms with Crippen molar-refractivity contribution >= 4 is 11.6 Å². The second-order valence-corrected chi connectivity index (χ2v) is 5.28. The number of aliphatic hydroxyl groups excluding tert-OH is 1. The summed E-state index contributed by atoms with van der Waals surface area (Å²) in [6.45, 7) is 0. The van der Waals surface area contributed by atoms with Crippen molar-refractivity contribution in [3.8, 4) is 11.5 Å². The number of hydrogen-bond acceptors (Lipinski definition) is 3.